The zero-order valence-electron chi connectivity index (χ0n) is 18.6. The first-order valence-corrected chi connectivity index (χ1v) is 12.2. The van der Waals surface area contributed by atoms with E-state index in [4.69, 9.17) is 4.74 Å². The largest absolute Gasteiger partial charge is 0.359 e. The van der Waals surface area contributed by atoms with Gasteiger partial charge in [0, 0.05) is 18.1 Å². The normalized spacial score (nSPS) is 37.6. The highest BCUT2D eigenvalue weighted by Gasteiger charge is 2.73. The Labute approximate surface area is 184 Å². The highest BCUT2D eigenvalue weighted by molar-refractivity contribution is 6.00. The maximum Gasteiger partial charge on any atom is 0.246 e. The Morgan fingerprint density at radius 3 is 2.19 bits per heavy atom. The van der Waals surface area contributed by atoms with Crippen LogP contribution in [0.1, 0.15) is 71.6 Å². The van der Waals surface area contributed by atoms with Crippen molar-refractivity contribution in [2.75, 3.05) is 0 Å². The summed E-state index contributed by atoms with van der Waals surface area (Å²) in [6.45, 7) is 3.86. The van der Waals surface area contributed by atoms with Gasteiger partial charge < -0.3 is 20.3 Å². The smallest absolute Gasteiger partial charge is 0.246 e. The van der Waals surface area contributed by atoms with Crippen LogP contribution in [0, 0.1) is 11.8 Å². The van der Waals surface area contributed by atoms with Gasteiger partial charge in [0.1, 0.15) is 11.6 Å². The number of ether oxygens (including phenoxy) is 1. The van der Waals surface area contributed by atoms with E-state index in [0.29, 0.717) is 0 Å². The molecule has 5 atom stereocenters. The number of hydrogen-bond donors (Lipinski definition) is 2. The predicted molar refractivity (Wildman–Crippen MR) is 115 cm³/mol. The summed E-state index contributed by atoms with van der Waals surface area (Å²) in [5, 5.41) is 6.38. The Bertz CT molecular complexity index is 784. The van der Waals surface area contributed by atoms with E-state index in [1.54, 1.807) is 4.90 Å². The summed E-state index contributed by atoms with van der Waals surface area (Å²) in [6.07, 6.45) is 13.0. The zero-order chi connectivity index (χ0) is 21.8. The Morgan fingerprint density at radius 2 is 1.58 bits per heavy atom. The van der Waals surface area contributed by atoms with E-state index >= 15 is 0 Å². The highest BCUT2D eigenvalue weighted by Crippen LogP contribution is 2.55. The van der Waals surface area contributed by atoms with Crippen LogP contribution in [0.5, 0.6) is 0 Å². The highest BCUT2D eigenvalue weighted by atomic mass is 16.5. The van der Waals surface area contributed by atoms with E-state index in [9.17, 15) is 14.4 Å². The standard InChI is InChI=1S/C24H35N3O4/c1-14(2)27-20(22(29)26-16-8-4-3-5-9-16)24-13-12-17(31-24)18(19(24)23(27)30)21(28)25-15-10-6-7-11-15/h12-20H,3-11H2,1-2H3,(H,25,28)(H,26,29)/t17-,18+,19-,20-,24+/m1/s1. The molecule has 7 heteroatoms. The number of carbonyl (C=O) groups is 3. The van der Waals surface area contributed by atoms with E-state index in [1.807, 2.05) is 26.0 Å². The molecule has 0 aromatic rings. The fraction of sp³-hybridized carbons (Fsp3) is 0.792. The van der Waals surface area contributed by atoms with Crippen LogP contribution >= 0.6 is 0 Å². The van der Waals surface area contributed by atoms with Crippen molar-refractivity contribution in [2.45, 2.75) is 108 Å². The molecule has 2 saturated heterocycles. The fourth-order valence-electron chi connectivity index (χ4n) is 6.66. The Morgan fingerprint density at radius 1 is 1.00 bits per heavy atom. The quantitative estimate of drug-likeness (QED) is 0.655. The predicted octanol–water partition coefficient (Wildman–Crippen LogP) is 2.05. The molecule has 2 N–H and O–H groups in total. The summed E-state index contributed by atoms with van der Waals surface area (Å²) in [4.78, 5) is 42.1. The molecule has 3 amide bonds. The molecule has 3 aliphatic heterocycles. The molecule has 7 nitrogen and oxygen atoms in total. The number of nitrogens with one attached hydrogen (secondary N) is 2. The van der Waals surface area contributed by atoms with Gasteiger partial charge in [-0.15, -0.1) is 0 Å². The minimum atomic E-state index is -1.04. The number of carbonyl (C=O) groups excluding carboxylic acids is 3. The van der Waals surface area contributed by atoms with Gasteiger partial charge in [-0.2, -0.15) is 0 Å². The molecule has 5 aliphatic rings. The van der Waals surface area contributed by atoms with Gasteiger partial charge in [-0.3, -0.25) is 14.4 Å². The zero-order valence-corrected chi connectivity index (χ0v) is 18.6. The third-order valence-electron chi connectivity index (χ3n) is 8.07. The van der Waals surface area contributed by atoms with Gasteiger partial charge in [0.05, 0.1) is 17.9 Å². The van der Waals surface area contributed by atoms with Crippen molar-refractivity contribution in [1.82, 2.24) is 15.5 Å². The molecule has 31 heavy (non-hydrogen) atoms. The Hall–Kier alpha value is -1.89. The topological polar surface area (TPSA) is 87.7 Å². The van der Waals surface area contributed by atoms with Gasteiger partial charge in [-0.05, 0) is 39.5 Å². The lowest BCUT2D eigenvalue weighted by Crippen LogP contribution is -2.57. The Balaban J connectivity index is 1.42. The van der Waals surface area contributed by atoms with Crippen molar-refractivity contribution < 1.29 is 19.1 Å². The molecular weight excluding hydrogens is 394 g/mol. The molecule has 0 radical (unpaired) electrons. The van der Waals surface area contributed by atoms with Crippen molar-refractivity contribution in [3.8, 4) is 0 Å². The third-order valence-corrected chi connectivity index (χ3v) is 8.07. The van der Waals surface area contributed by atoms with Crippen LogP contribution < -0.4 is 10.6 Å². The molecule has 4 fully saturated rings. The molecule has 170 valence electrons. The lowest BCUT2D eigenvalue weighted by molar-refractivity contribution is -0.144. The SMILES string of the molecule is CC(C)N1C(=O)[C@H]2[C@@H](C(=O)NC3CCCC3)[C@H]3C=C[C@@]2(O3)[C@H]1C(=O)NC1CCCCC1. The van der Waals surface area contributed by atoms with Crippen LogP contribution in [0.15, 0.2) is 12.2 Å². The summed E-state index contributed by atoms with van der Waals surface area (Å²) < 4.78 is 6.36. The first kappa shape index (κ1) is 21.0. The monoisotopic (exact) mass is 429 g/mol. The van der Waals surface area contributed by atoms with Crippen molar-refractivity contribution in [3.63, 3.8) is 0 Å². The van der Waals surface area contributed by atoms with Gasteiger partial charge in [-0.25, -0.2) is 0 Å². The number of fused-ring (bicyclic) bond motifs is 1. The average molecular weight is 430 g/mol. The van der Waals surface area contributed by atoms with Crippen molar-refractivity contribution in [1.29, 1.82) is 0 Å². The molecule has 2 aliphatic carbocycles. The van der Waals surface area contributed by atoms with Gasteiger partial charge in [0.2, 0.25) is 17.7 Å². The van der Waals surface area contributed by atoms with E-state index in [-0.39, 0.29) is 35.8 Å². The number of nitrogens with zero attached hydrogens (tertiary/aromatic N) is 1. The second-order valence-corrected chi connectivity index (χ2v) is 10.4. The number of hydrogen-bond acceptors (Lipinski definition) is 4. The summed E-state index contributed by atoms with van der Waals surface area (Å²) >= 11 is 0. The molecule has 2 saturated carbocycles. The lowest BCUT2D eigenvalue weighted by Gasteiger charge is -2.35. The van der Waals surface area contributed by atoms with Crippen LogP contribution in [0.2, 0.25) is 0 Å². The van der Waals surface area contributed by atoms with Crippen LogP contribution in [-0.2, 0) is 19.1 Å². The van der Waals surface area contributed by atoms with Gasteiger partial charge in [0.25, 0.3) is 0 Å². The van der Waals surface area contributed by atoms with E-state index in [0.717, 1.165) is 51.4 Å². The molecular formula is C24H35N3O4. The third kappa shape index (κ3) is 3.31. The molecule has 0 unspecified atom stereocenters. The summed E-state index contributed by atoms with van der Waals surface area (Å²) in [5.41, 5.74) is -1.04. The second kappa shape index (κ2) is 7.91. The molecule has 0 aromatic heterocycles. The van der Waals surface area contributed by atoms with Crippen LogP contribution in [-0.4, -0.2) is 58.5 Å². The molecule has 2 bridgehead atoms. The molecule has 3 heterocycles. The summed E-state index contributed by atoms with van der Waals surface area (Å²) in [6, 6.07) is -0.527. The van der Waals surface area contributed by atoms with Gasteiger partial charge >= 0.3 is 0 Å². The van der Waals surface area contributed by atoms with Crippen LogP contribution in [0.4, 0.5) is 0 Å². The average Bonchev–Trinajstić information content (AvgIpc) is 3.50. The van der Waals surface area contributed by atoms with Crippen molar-refractivity contribution in [2.24, 2.45) is 11.8 Å². The van der Waals surface area contributed by atoms with E-state index < -0.39 is 29.6 Å². The molecule has 1 spiro atoms. The van der Waals surface area contributed by atoms with Gasteiger partial charge in [-0.1, -0.05) is 44.3 Å². The fourth-order valence-corrected chi connectivity index (χ4v) is 6.66. The molecule has 5 rings (SSSR count). The van der Waals surface area contributed by atoms with E-state index in [2.05, 4.69) is 10.6 Å². The van der Waals surface area contributed by atoms with Crippen LogP contribution in [0.25, 0.3) is 0 Å². The van der Waals surface area contributed by atoms with Crippen molar-refractivity contribution in [3.05, 3.63) is 12.2 Å². The number of rotatable bonds is 5. The maximum atomic E-state index is 13.6. The summed E-state index contributed by atoms with van der Waals surface area (Å²) in [7, 11) is 0. The van der Waals surface area contributed by atoms with Crippen LogP contribution in [0.3, 0.4) is 0 Å². The Kier molecular flexibility index (Phi) is 5.35. The second-order valence-electron chi connectivity index (χ2n) is 10.4. The lowest BCUT2D eigenvalue weighted by atomic mass is 9.74. The maximum absolute atomic E-state index is 13.6. The minimum Gasteiger partial charge on any atom is -0.359 e. The number of amides is 3. The first-order chi connectivity index (χ1) is 14.9. The first-order valence-electron chi connectivity index (χ1n) is 12.2. The van der Waals surface area contributed by atoms with Crippen molar-refractivity contribution >= 4 is 17.7 Å². The van der Waals surface area contributed by atoms with Gasteiger partial charge in [0.15, 0.2) is 0 Å². The molecule has 0 aromatic carbocycles. The minimum absolute atomic E-state index is 0.0986. The van der Waals surface area contributed by atoms with E-state index in [1.165, 1.54) is 6.42 Å². The summed E-state index contributed by atoms with van der Waals surface area (Å²) in [5.74, 6) is -1.56. The number of likely N-dealkylation sites (tertiary alicyclic amines) is 1.